The summed E-state index contributed by atoms with van der Waals surface area (Å²) in [5.41, 5.74) is -7.27. The highest BCUT2D eigenvalue weighted by atomic mass is 16.2. The summed E-state index contributed by atoms with van der Waals surface area (Å²) >= 11 is 0. The van der Waals surface area contributed by atoms with Crippen molar-refractivity contribution < 1.29 is 38.4 Å². The molecule has 0 aromatic rings. The minimum atomic E-state index is -0.908. The van der Waals surface area contributed by atoms with Gasteiger partial charge in [-0.15, -0.1) is 0 Å². The molecule has 0 bridgehead atoms. The van der Waals surface area contributed by atoms with Crippen LogP contribution in [0.3, 0.4) is 0 Å². The van der Waals surface area contributed by atoms with Crippen LogP contribution in [0.4, 0.5) is 0 Å². The van der Waals surface area contributed by atoms with Gasteiger partial charge in [-0.3, -0.25) is 38.4 Å². The number of hydrogen-bond donors (Lipinski definition) is 0. The van der Waals surface area contributed by atoms with Gasteiger partial charge in [0, 0.05) is 44.3 Å². The predicted molar refractivity (Wildman–Crippen MR) is 252 cm³/mol. The summed E-state index contributed by atoms with van der Waals surface area (Å²) in [6.45, 7) is 39.4. The van der Waals surface area contributed by atoms with Crippen molar-refractivity contribution in [3.05, 3.63) is 0 Å². The lowest BCUT2D eigenvalue weighted by molar-refractivity contribution is -0.158. The Kier molecular flexibility index (Phi) is 17.8. The summed E-state index contributed by atoms with van der Waals surface area (Å²) in [5.74, 6) is -4.12. The Hall–Kier alpha value is -4.24. The van der Waals surface area contributed by atoms with Gasteiger partial charge in [0.2, 0.25) is 47.3 Å². The van der Waals surface area contributed by atoms with Crippen molar-refractivity contribution in [1.82, 2.24) is 39.2 Å². The van der Waals surface area contributed by atoms with Crippen LogP contribution in [-0.2, 0) is 38.4 Å². The maximum absolute atomic E-state index is 14.5. The first-order valence-electron chi connectivity index (χ1n) is 22.6. The van der Waals surface area contributed by atoms with E-state index in [4.69, 9.17) is 0 Å². The smallest absolute Gasteiger partial charge is 0.243 e. The zero-order valence-electron chi connectivity index (χ0n) is 44.5. The van der Waals surface area contributed by atoms with E-state index >= 15 is 0 Å². The molecule has 1 aliphatic heterocycles. The molecule has 1 heterocycles. The summed E-state index contributed by atoms with van der Waals surface area (Å²) in [6, 6.07) is 0. The van der Waals surface area contributed by atoms with E-state index < -0.39 is 144 Å². The van der Waals surface area contributed by atoms with Crippen LogP contribution in [0, 0.1) is 0 Å². The van der Waals surface area contributed by atoms with E-state index in [1.54, 1.807) is 166 Å². The van der Waals surface area contributed by atoms with E-state index in [0.717, 1.165) is 0 Å². The van der Waals surface area contributed by atoms with Gasteiger partial charge in [0.1, 0.15) is 52.4 Å². The van der Waals surface area contributed by atoms with Crippen LogP contribution in [0.25, 0.3) is 0 Å². The number of carbonyl (C=O) groups excluding carboxylic acids is 8. The lowest BCUT2D eigenvalue weighted by atomic mass is 10.0. The van der Waals surface area contributed by atoms with Crippen molar-refractivity contribution in [3.63, 3.8) is 0 Å². The molecule has 0 spiro atoms. The maximum atomic E-state index is 14.5. The first kappa shape index (κ1) is 57.8. The summed E-state index contributed by atoms with van der Waals surface area (Å²) in [6.07, 6.45) is 0. The fraction of sp³-hybridized carbons (Fsp3) is 0.833. The van der Waals surface area contributed by atoms with Gasteiger partial charge in [-0.1, -0.05) is 0 Å². The summed E-state index contributed by atoms with van der Waals surface area (Å²) in [7, 11) is 0. The molecule has 16 nitrogen and oxygen atoms in total. The van der Waals surface area contributed by atoms with Crippen molar-refractivity contribution in [2.45, 2.75) is 210 Å². The second-order valence-electron chi connectivity index (χ2n) is 25.2. The predicted octanol–water partition coefficient (Wildman–Crippen LogP) is 5.02. The van der Waals surface area contributed by atoms with E-state index in [9.17, 15) is 38.4 Å². The quantitative estimate of drug-likeness (QED) is 0.328. The minimum Gasteiger partial charge on any atom is -0.327 e. The van der Waals surface area contributed by atoms with E-state index in [0.29, 0.717) is 0 Å². The van der Waals surface area contributed by atoms with Crippen LogP contribution < -0.4 is 0 Å². The molecule has 16 heteroatoms. The molecule has 0 N–H and O–H groups in total. The van der Waals surface area contributed by atoms with Crippen molar-refractivity contribution in [2.75, 3.05) is 52.4 Å². The number of carbonyl (C=O) groups is 8. The van der Waals surface area contributed by atoms with E-state index in [1.807, 2.05) is 0 Å². The monoisotopic (exact) mass is 905 g/mol. The van der Waals surface area contributed by atoms with Crippen molar-refractivity contribution in [3.8, 4) is 0 Å². The van der Waals surface area contributed by atoms with Crippen LogP contribution >= 0.6 is 0 Å². The maximum Gasteiger partial charge on any atom is 0.243 e. The molecule has 0 saturated carbocycles. The first-order chi connectivity index (χ1) is 28.1. The molecule has 1 aliphatic rings. The van der Waals surface area contributed by atoms with Gasteiger partial charge in [0.25, 0.3) is 0 Å². The van der Waals surface area contributed by atoms with Gasteiger partial charge in [-0.25, -0.2) is 0 Å². The Morgan fingerprint density at radius 1 is 0.188 bits per heavy atom. The zero-order valence-corrected chi connectivity index (χ0v) is 44.5. The Morgan fingerprint density at radius 2 is 0.250 bits per heavy atom. The van der Waals surface area contributed by atoms with Crippen LogP contribution in [0.2, 0.25) is 0 Å². The summed E-state index contributed by atoms with van der Waals surface area (Å²) < 4.78 is 0. The summed E-state index contributed by atoms with van der Waals surface area (Å²) in [5, 5.41) is 0. The fourth-order valence-electron chi connectivity index (χ4n) is 7.36. The van der Waals surface area contributed by atoms with Crippen molar-refractivity contribution >= 4 is 47.3 Å². The van der Waals surface area contributed by atoms with Crippen molar-refractivity contribution in [2.24, 2.45) is 0 Å². The highest BCUT2D eigenvalue weighted by Gasteiger charge is 2.43. The Labute approximate surface area is 386 Å². The third-order valence-corrected chi connectivity index (χ3v) is 11.2. The molecule has 1 rings (SSSR count). The molecular formula is C48H88N8O8. The third-order valence-electron chi connectivity index (χ3n) is 11.2. The molecule has 368 valence electrons. The van der Waals surface area contributed by atoms with Gasteiger partial charge in [-0.2, -0.15) is 0 Å². The number of nitrogens with zero attached hydrogens (tertiary/aromatic N) is 8. The molecule has 0 radical (unpaired) electrons. The number of amides is 8. The van der Waals surface area contributed by atoms with Gasteiger partial charge in [-0.05, 0) is 166 Å². The molecule has 0 atom stereocenters. The van der Waals surface area contributed by atoms with Crippen molar-refractivity contribution in [1.29, 1.82) is 0 Å². The second kappa shape index (κ2) is 19.7. The minimum absolute atomic E-state index is 0.416. The largest absolute Gasteiger partial charge is 0.327 e. The molecule has 0 unspecified atom stereocenters. The van der Waals surface area contributed by atoms with Gasteiger partial charge >= 0.3 is 0 Å². The Morgan fingerprint density at radius 3 is 0.297 bits per heavy atom. The summed E-state index contributed by atoms with van der Waals surface area (Å²) in [4.78, 5) is 127. The average Bonchev–Trinajstić information content (AvgIpc) is 3.04. The Bertz CT molecular complexity index is 1370. The van der Waals surface area contributed by atoms with E-state index in [1.165, 1.54) is 39.2 Å². The fourth-order valence-corrected chi connectivity index (χ4v) is 7.36. The Balaban J connectivity index is 4.28. The van der Waals surface area contributed by atoms with Gasteiger partial charge in [0.05, 0.1) is 0 Å². The first-order valence-corrected chi connectivity index (χ1v) is 22.6. The van der Waals surface area contributed by atoms with Gasteiger partial charge < -0.3 is 39.2 Å². The standard InChI is InChI=1S/C48H88N8O8/c1-41(2,3)49-25-34(58)51(43(7,8)9)27-36(60)53(45(13,14)15)29-38(62)55(47(19,20)21)31-40(64)56(48(22,23)24)32-39(63)54(46(16,17)18)30-37(61)52(44(10,11)12)28-35(59)50(26-33(49)57)42(4,5)6/h25-32H2,1-24H3. The second-order valence-corrected chi connectivity index (χ2v) is 25.2. The average molecular weight is 905 g/mol. The van der Waals surface area contributed by atoms with E-state index in [-0.39, 0.29) is 0 Å². The number of hydrogen-bond acceptors (Lipinski definition) is 8. The topological polar surface area (TPSA) is 162 Å². The highest BCUT2D eigenvalue weighted by Crippen LogP contribution is 2.26. The van der Waals surface area contributed by atoms with Gasteiger partial charge in [0.15, 0.2) is 0 Å². The molecule has 1 saturated heterocycles. The van der Waals surface area contributed by atoms with Crippen LogP contribution in [-0.4, -0.2) is 183 Å². The molecule has 0 aliphatic carbocycles. The highest BCUT2D eigenvalue weighted by molar-refractivity contribution is 5.95. The zero-order chi connectivity index (χ0) is 50.9. The number of rotatable bonds is 0. The molecule has 0 aromatic heterocycles. The lowest BCUT2D eigenvalue weighted by Crippen LogP contribution is -2.63. The molecule has 1 fully saturated rings. The normalized spacial score (nSPS) is 19.4. The third kappa shape index (κ3) is 16.0. The molecular weight excluding hydrogens is 817 g/mol. The molecule has 8 amide bonds. The van der Waals surface area contributed by atoms with Crippen LogP contribution in [0.5, 0.6) is 0 Å². The lowest BCUT2D eigenvalue weighted by Gasteiger charge is -2.45. The SMILES string of the molecule is CC(C)(C)N1CC(=O)N(C(C)(C)C)CC(=O)N(C(C)(C)C)CC(=O)N(C(C)(C)C)CC(=O)N(C(C)(C)C)CC(=O)N(C(C)(C)C)CC(=O)N(C(C)(C)C)CC(=O)N(C(C)(C)C)CC1=O. The van der Waals surface area contributed by atoms with E-state index in [2.05, 4.69) is 0 Å². The molecule has 0 aromatic carbocycles. The van der Waals surface area contributed by atoms with Crippen LogP contribution in [0.1, 0.15) is 166 Å². The van der Waals surface area contributed by atoms with Crippen LogP contribution in [0.15, 0.2) is 0 Å². The molecule has 64 heavy (non-hydrogen) atoms.